The minimum Gasteiger partial charge on any atom is -0.497 e. The number of anilines is 3. The molecule has 0 spiro atoms. The minimum atomic E-state index is -0.258. The van der Waals surface area contributed by atoms with Gasteiger partial charge >= 0.3 is 0 Å². The van der Waals surface area contributed by atoms with Crippen molar-refractivity contribution in [3.05, 3.63) is 71.9 Å². The Morgan fingerprint density at radius 3 is 2.52 bits per heavy atom. The molecule has 0 fully saturated rings. The third-order valence-electron chi connectivity index (χ3n) is 4.57. The Bertz CT molecular complexity index is 987. The molecule has 0 aliphatic carbocycles. The number of hydrogen-bond donors (Lipinski definition) is 1. The topological polar surface area (TPSA) is 63.7 Å². The number of carbonyl (C=O) groups excluding carboxylic acids is 1. The Morgan fingerprint density at radius 2 is 1.90 bits per heavy atom. The first-order valence-corrected chi connectivity index (χ1v) is 9.39. The van der Waals surface area contributed by atoms with E-state index in [0.717, 1.165) is 18.1 Å². The second-order valence-electron chi connectivity index (χ2n) is 6.51. The SMILES string of the molecule is CCN(c1cccc(C)c1)c1ccc(C(=O)Nc2ccc(OC)cc2OC)cn1. The fraction of sp³-hybridized carbons (Fsp3) is 0.217. The Hall–Kier alpha value is -3.54. The van der Waals surface area contributed by atoms with Crippen LogP contribution in [0.1, 0.15) is 22.8 Å². The van der Waals surface area contributed by atoms with Crippen molar-refractivity contribution in [2.45, 2.75) is 13.8 Å². The summed E-state index contributed by atoms with van der Waals surface area (Å²) in [5.74, 6) is 1.71. The fourth-order valence-electron chi connectivity index (χ4n) is 3.05. The van der Waals surface area contributed by atoms with Crippen molar-refractivity contribution in [1.82, 2.24) is 4.98 Å². The highest BCUT2D eigenvalue weighted by atomic mass is 16.5. The van der Waals surface area contributed by atoms with Gasteiger partial charge in [-0.25, -0.2) is 4.98 Å². The van der Waals surface area contributed by atoms with E-state index < -0.39 is 0 Å². The van der Waals surface area contributed by atoms with E-state index in [-0.39, 0.29) is 5.91 Å². The number of aryl methyl sites for hydroxylation is 1. The van der Waals surface area contributed by atoms with E-state index in [0.29, 0.717) is 22.7 Å². The summed E-state index contributed by atoms with van der Waals surface area (Å²) in [5.41, 5.74) is 3.29. The van der Waals surface area contributed by atoms with Gasteiger partial charge in [-0.15, -0.1) is 0 Å². The lowest BCUT2D eigenvalue weighted by Gasteiger charge is -2.22. The van der Waals surface area contributed by atoms with Crippen LogP contribution in [0.15, 0.2) is 60.8 Å². The molecule has 29 heavy (non-hydrogen) atoms. The maximum Gasteiger partial charge on any atom is 0.257 e. The maximum absolute atomic E-state index is 12.7. The second-order valence-corrected chi connectivity index (χ2v) is 6.51. The summed E-state index contributed by atoms with van der Waals surface area (Å²) >= 11 is 0. The zero-order chi connectivity index (χ0) is 20.8. The number of nitrogens with zero attached hydrogens (tertiary/aromatic N) is 2. The second kappa shape index (κ2) is 9.10. The molecular weight excluding hydrogens is 366 g/mol. The highest BCUT2D eigenvalue weighted by Crippen LogP contribution is 2.29. The van der Waals surface area contributed by atoms with Crippen LogP contribution in [0.2, 0.25) is 0 Å². The molecule has 1 N–H and O–H groups in total. The Morgan fingerprint density at radius 1 is 1.07 bits per heavy atom. The van der Waals surface area contributed by atoms with E-state index in [2.05, 4.69) is 47.2 Å². The molecule has 0 aliphatic heterocycles. The third kappa shape index (κ3) is 4.66. The van der Waals surface area contributed by atoms with Crippen molar-refractivity contribution < 1.29 is 14.3 Å². The van der Waals surface area contributed by atoms with Gasteiger partial charge in [0.15, 0.2) is 0 Å². The average Bonchev–Trinajstić information content (AvgIpc) is 2.75. The minimum absolute atomic E-state index is 0.258. The molecule has 3 aromatic rings. The van der Waals surface area contributed by atoms with Crippen LogP contribution in [0.25, 0.3) is 0 Å². The van der Waals surface area contributed by atoms with Crippen molar-refractivity contribution in [3.8, 4) is 11.5 Å². The summed E-state index contributed by atoms with van der Waals surface area (Å²) in [6, 6.07) is 17.1. The van der Waals surface area contributed by atoms with Crippen LogP contribution in [0, 0.1) is 6.92 Å². The van der Waals surface area contributed by atoms with Crippen molar-refractivity contribution in [2.75, 3.05) is 31.0 Å². The summed E-state index contributed by atoms with van der Waals surface area (Å²) < 4.78 is 10.5. The number of benzene rings is 2. The number of carbonyl (C=O) groups is 1. The number of nitrogens with one attached hydrogen (secondary N) is 1. The summed E-state index contributed by atoms with van der Waals surface area (Å²) in [6.07, 6.45) is 1.58. The first-order valence-electron chi connectivity index (χ1n) is 9.39. The van der Waals surface area contributed by atoms with E-state index in [1.807, 2.05) is 12.1 Å². The monoisotopic (exact) mass is 391 g/mol. The molecule has 0 unspecified atom stereocenters. The highest BCUT2D eigenvalue weighted by molar-refractivity contribution is 6.05. The Balaban J connectivity index is 1.78. The van der Waals surface area contributed by atoms with Crippen LogP contribution >= 0.6 is 0 Å². The lowest BCUT2D eigenvalue weighted by Crippen LogP contribution is -2.18. The molecule has 0 aliphatic rings. The molecule has 1 amide bonds. The number of ether oxygens (including phenoxy) is 2. The lowest BCUT2D eigenvalue weighted by atomic mass is 10.2. The van der Waals surface area contributed by atoms with Gasteiger partial charge in [-0.1, -0.05) is 12.1 Å². The number of aromatic nitrogens is 1. The first kappa shape index (κ1) is 20.2. The largest absolute Gasteiger partial charge is 0.497 e. The van der Waals surface area contributed by atoms with Crippen molar-refractivity contribution in [2.24, 2.45) is 0 Å². The van der Waals surface area contributed by atoms with Crippen LogP contribution in [-0.2, 0) is 0 Å². The molecule has 0 radical (unpaired) electrons. The van der Waals surface area contributed by atoms with Gasteiger partial charge in [0.1, 0.15) is 17.3 Å². The summed E-state index contributed by atoms with van der Waals surface area (Å²) in [7, 11) is 3.13. The predicted molar refractivity (Wildman–Crippen MR) is 116 cm³/mol. The quantitative estimate of drug-likeness (QED) is 0.626. The van der Waals surface area contributed by atoms with Gasteiger partial charge in [-0.2, -0.15) is 0 Å². The molecule has 0 saturated heterocycles. The van der Waals surface area contributed by atoms with Gasteiger partial charge in [-0.3, -0.25) is 4.79 Å². The van der Waals surface area contributed by atoms with E-state index in [1.54, 1.807) is 44.7 Å². The average molecular weight is 391 g/mol. The predicted octanol–water partition coefficient (Wildman–Crippen LogP) is 4.82. The molecule has 1 heterocycles. The zero-order valence-corrected chi connectivity index (χ0v) is 17.1. The number of amides is 1. The van der Waals surface area contributed by atoms with E-state index in [1.165, 1.54) is 5.56 Å². The molecule has 0 atom stereocenters. The van der Waals surface area contributed by atoms with E-state index in [9.17, 15) is 4.79 Å². The van der Waals surface area contributed by atoms with Crippen LogP contribution in [0.3, 0.4) is 0 Å². The smallest absolute Gasteiger partial charge is 0.257 e. The molecule has 1 aromatic heterocycles. The zero-order valence-electron chi connectivity index (χ0n) is 17.1. The van der Waals surface area contributed by atoms with Crippen molar-refractivity contribution in [1.29, 1.82) is 0 Å². The Labute approximate surface area is 171 Å². The summed E-state index contributed by atoms with van der Waals surface area (Å²) in [4.78, 5) is 19.3. The molecule has 6 nitrogen and oxygen atoms in total. The number of methoxy groups -OCH3 is 2. The van der Waals surface area contributed by atoms with Gasteiger partial charge in [0.2, 0.25) is 0 Å². The molecule has 6 heteroatoms. The summed E-state index contributed by atoms with van der Waals surface area (Å²) in [5, 5.41) is 2.86. The van der Waals surface area contributed by atoms with Crippen LogP contribution in [0.5, 0.6) is 11.5 Å². The molecule has 2 aromatic carbocycles. The molecule has 0 bridgehead atoms. The normalized spacial score (nSPS) is 10.3. The number of pyridine rings is 1. The van der Waals surface area contributed by atoms with E-state index in [4.69, 9.17) is 9.47 Å². The van der Waals surface area contributed by atoms with Gasteiger partial charge in [0.05, 0.1) is 25.5 Å². The van der Waals surface area contributed by atoms with Gasteiger partial charge in [-0.05, 0) is 55.8 Å². The third-order valence-corrected chi connectivity index (χ3v) is 4.57. The van der Waals surface area contributed by atoms with Crippen molar-refractivity contribution >= 4 is 23.1 Å². The first-order chi connectivity index (χ1) is 14.0. The molecule has 0 saturated carbocycles. The van der Waals surface area contributed by atoms with Gasteiger partial charge < -0.3 is 19.7 Å². The molecule has 150 valence electrons. The standard InChI is InChI=1S/C23H25N3O3/c1-5-26(18-8-6-7-16(2)13-18)22-12-9-17(15-24-22)23(27)25-20-11-10-19(28-3)14-21(20)29-4/h6-15H,5H2,1-4H3,(H,25,27). The molecular formula is C23H25N3O3. The van der Waals surface area contributed by atoms with Gasteiger partial charge in [0.25, 0.3) is 5.91 Å². The van der Waals surface area contributed by atoms with Crippen LogP contribution < -0.4 is 19.7 Å². The maximum atomic E-state index is 12.7. The van der Waals surface area contributed by atoms with E-state index >= 15 is 0 Å². The number of rotatable bonds is 7. The van der Waals surface area contributed by atoms with Crippen molar-refractivity contribution in [3.63, 3.8) is 0 Å². The fourth-order valence-corrected chi connectivity index (χ4v) is 3.05. The number of hydrogen-bond acceptors (Lipinski definition) is 5. The lowest BCUT2D eigenvalue weighted by molar-refractivity contribution is 0.102. The van der Waals surface area contributed by atoms with Gasteiger partial charge in [0, 0.05) is 24.5 Å². The molecule has 3 rings (SSSR count). The summed E-state index contributed by atoms with van der Waals surface area (Å²) in [6.45, 7) is 4.90. The highest BCUT2D eigenvalue weighted by Gasteiger charge is 2.13. The van der Waals surface area contributed by atoms with Crippen LogP contribution in [-0.4, -0.2) is 31.7 Å². The van der Waals surface area contributed by atoms with Crippen LogP contribution in [0.4, 0.5) is 17.2 Å². The Kier molecular flexibility index (Phi) is 6.34.